The van der Waals surface area contributed by atoms with Crippen molar-refractivity contribution in [2.24, 2.45) is 0 Å². The molecule has 9 nitrogen and oxygen atoms in total. The maximum absolute atomic E-state index is 13.1. The van der Waals surface area contributed by atoms with Crippen molar-refractivity contribution in [1.29, 1.82) is 0 Å². The molecule has 1 aliphatic heterocycles. The third-order valence-electron chi connectivity index (χ3n) is 4.87. The van der Waals surface area contributed by atoms with E-state index in [2.05, 4.69) is 20.8 Å². The first kappa shape index (κ1) is 19.4. The molecule has 2 aromatic carbocycles. The fourth-order valence-corrected chi connectivity index (χ4v) is 3.41. The lowest BCUT2D eigenvalue weighted by Crippen LogP contribution is -2.29. The summed E-state index contributed by atoms with van der Waals surface area (Å²) < 4.78 is 17.9. The number of ether oxygens (including phenoxy) is 3. The minimum absolute atomic E-state index is 0.164. The van der Waals surface area contributed by atoms with E-state index in [-0.39, 0.29) is 6.61 Å². The molecule has 1 aromatic heterocycles. The Morgan fingerprint density at radius 1 is 1.10 bits per heavy atom. The van der Waals surface area contributed by atoms with Gasteiger partial charge in [-0.1, -0.05) is 41.5 Å². The SMILES string of the molecule is COc1ccc([C@@H]2C(C(=O)OCc3ccccc3)=C(C)Nc3nnnn32)cc1OC. The molecule has 0 bridgehead atoms. The van der Waals surface area contributed by atoms with E-state index < -0.39 is 12.0 Å². The number of hydrogen-bond donors (Lipinski definition) is 1. The lowest BCUT2D eigenvalue weighted by Gasteiger charge is -2.27. The minimum atomic E-state index is -0.584. The van der Waals surface area contributed by atoms with Crippen molar-refractivity contribution in [2.45, 2.75) is 19.6 Å². The van der Waals surface area contributed by atoms with Gasteiger partial charge in [-0.25, -0.2) is 4.79 Å². The lowest BCUT2D eigenvalue weighted by molar-refractivity contribution is -0.140. The highest BCUT2D eigenvalue weighted by atomic mass is 16.5. The van der Waals surface area contributed by atoms with Crippen LogP contribution < -0.4 is 14.8 Å². The Morgan fingerprint density at radius 2 is 1.87 bits per heavy atom. The molecule has 154 valence electrons. The Balaban J connectivity index is 1.71. The zero-order chi connectivity index (χ0) is 21.1. The number of tetrazole rings is 1. The summed E-state index contributed by atoms with van der Waals surface area (Å²) in [6, 6.07) is 14.4. The van der Waals surface area contributed by atoms with Gasteiger partial charge in [0, 0.05) is 5.70 Å². The van der Waals surface area contributed by atoms with Crippen LogP contribution in [0.25, 0.3) is 0 Å². The summed E-state index contributed by atoms with van der Waals surface area (Å²) >= 11 is 0. The average Bonchev–Trinajstić information content (AvgIpc) is 3.24. The highest BCUT2D eigenvalue weighted by molar-refractivity contribution is 5.92. The number of fused-ring (bicyclic) bond motifs is 1. The first-order valence-electron chi connectivity index (χ1n) is 9.31. The van der Waals surface area contributed by atoms with E-state index in [1.54, 1.807) is 38.0 Å². The molecule has 30 heavy (non-hydrogen) atoms. The first-order chi connectivity index (χ1) is 14.6. The second-order valence-electron chi connectivity index (χ2n) is 6.69. The number of carbonyl (C=O) groups excluding carboxylic acids is 1. The molecule has 0 fully saturated rings. The topological polar surface area (TPSA) is 100 Å². The summed E-state index contributed by atoms with van der Waals surface area (Å²) in [6.45, 7) is 1.96. The molecule has 3 aromatic rings. The zero-order valence-electron chi connectivity index (χ0n) is 16.8. The van der Waals surface area contributed by atoms with Crippen molar-refractivity contribution < 1.29 is 19.0 Å². The van der Waals surface area contributed by atoms with Crippen LogP contribution >= 0.6 is 0 Å². The monoisotopic (exact) mass is 407 g/mol. The molecule has 0 radical (unpaired) electrons. The van der Waals surface area contributed by atoms with Crippen LogP contribution in [-0.4, -0.2) is 40.4 Å². The third-order valence-corrected chi connectivity index (χ3v) is 4.87. The largest absolute Gasteiger partial charge is 0.493 e. The van der Waals surface area contributed by atoms with Crippen LogP contribution in [0.3, 0.4) is 0 Å². The number of nitrogens with one attached hydrogen (secondary N) is 1. The second kappa shape index (κ2) is 8.24. The van der Waals surface area contributed by atoms with E-state index in [0.29, 0.717) is 28.7 Å². The van der Waals surface area contributed by atoms with E-state index >= 15 is 0 Å². The molecule has 0 spiro atoms. The highest BCUT2D eigenvalue weighted by Gasteiger charge is 2.35. The summed E-state index contributed by atoms with van der Waals surface area (Å²) in [6.07, 6.45) is 0. The molecule has 0 saturated heterocycles. The smallest absolute Gasteiger partial charge is 0.338 e. The van der Waals surface area contributed by atoms with Gasteiger partial charge in [0.05, 0.1) is 19.8 Å². The van der Waals surface area contributed by atoms with Gasteiger partial charge in [0.15, 0.2) is 11.5 Å². The van der Waals surface area contributed by atoms with Gasteiger partial charge in [-0.3, -0.25) is 0 Å². The number of rotatable bonds is 6. The van der Waals surface area contributed by atoms with Gasteiger partial charge < -0.3 is 19.5 Å². The summed E-state index contributed by atoms with van der Waals surface area (Å²) in [5.41, 5.74) is 2.69. The van der Waals surface area contributed by atoms with Crippen LogP contribution in [0.4, 0.5) is 5.95 Å². The van der Waals surface area contributed by atoms with E-state index in [1.165, 1.54) is 0 Å². The molecule has 1 N–H and O–H groups in total. The molecule has 2 heterocycles. The van der Waals surface area contributed by atoms with Crippen LogP contribution in [0.5, 0.6) is 11.5 Å². The van der Waals surface area contributed by atoms with Crippen molar-refractivity contribution in [2.75, 3.05) is 19.5 Å². The van der Waals surface area contributed by atoms with Gasteiger partial charge in [-0.05, 0) is 40.6 Å². The number of aromatic nitrogens is 4. The van der Waals surface area contributed by atoms with Gasteiger partial charge in [-0.15, -0.1) is 0 Å². The lowest BCUT2D eigenvalue weighted by atomic mass is 9.95. The Bertz CT molecular complexity index is 1090. The van der Waals surface area contributed by atoms with E-state index in [1.807, 2.05) is 36.4 Å². The van der Waals surface area contributed by atoms with Gasteiger partial charge in [0.25, 0.3) is 0 Å². The molecular formula is C21H21N5O4. The van der Waals surface area contributed by atoms with Crippen LogP contribution in [-0.2, 0) is 16.1 Å². The van der Waals surface area contributed by atoms with Crippen LogP contribution in [0, 0.1) is 0 Å². The Labute approximate surface area is 173 Å². The number of allylic oxidation sites excluding steroid dienone is 1. The number of carbonyl (C=O) groups is 1. The van der Waals surface area contributed by atoms with E-state index in [4.69, 9.17) is 14.2 Å². The predicted molar refractivity (Wildman–Crippen MR) is 108 cm³/mol. The Kier molecular flexibility index (Phi) is 5.34. The van der Waals surface area contributed by atoms with Gasteiger partial charge >= 0.3 is 5.97 Å². The predicted octanol–water partition coefficient (Wildman–Crippen LogP) is 2.72. The molecule has 1 aliphatic rings. The van der Waals surface area contributed by atoms with Gasteiger partial charge in [0.2, 0.25) is 5.95 Å². The second-order valence-corrected chi connectivity index (χ2v) is 6.69. The Hall–Kier alpha value is -3.88. The summed E-state index contributed by atoms with van der Waals surface area (Å²) in [7, 11) is 3.13. The normalized spacial score (nSPS) is 15.2. The molecule has 4 rings (SSSR count). The maximum atomic E-state index is 13.1. The number of anilines is 1. The van der Waals surface area contributed by atoms with Crippen molar-refractivity contribution in [3.63, 3.8) is 0 Å². The number of methoxy groups -OCH3 is 2. The molecule has 0 aliphatic carbocycles. The van der Waals surface area contributed by atoms with Crippen LogP contribution in [0.1, 0.15) is 24.1 Å². The fraction of sp³-hybridized carbons (Fsp3) is 0.238. The van der Waals surface area contributed by atoms with Crippen molar-refractivity contribution in [3.8, 4) is 11.5 Å². The fourth-order valence-electron chi connectivity index (χ4n) is 3.41. The zero-order valence-corrected chi connectivity index (χ0v) is 16.8. The average molecular weight is 407 g/mol. The molecule has 9 heteroatoms. The quantitative estimate of drug-likeness (QED) is 0.623. The first-order valence-corrected chi connectivity index (χ1v) is 9.31. The molecule has 0 saturated carbocycles. The van der Waals surface area contributed by atoms with Crippen molar-refractivity contribution in [1.82, 2.24) is 20.2 Å². The van der Waals surface area contributed by atoms with Crippen molar-refractivity contribution in [3.05, 3.63) is 70.9 Å². The van der Waals surface area contributed by atoms with Gasteiger partial charge in [-0.2, -0.15) is 4.68 Å². The Morgan fingerprint density at radius 3 is 2.60 bits per heavy atom. The summed E-state index contributed by atoms with van der Waals surface area (Å²) in [5.74, 6) is 1.11. The minimum Gasteiger partial charge on any atom is -0.493 e. The van der Waals surface area contributed by atoms with Crippen LogP contribution in [0.2, 0.25) is 0 Å². The summed E-state index contributed by atoms with van der Waals surface area (Å²) in [5, 5.41) is 14.9. The maximum Gasteiger partial charge on any atom is 0.338 e. The van der Waals surface area contributed by atoms with Gasteiger partial charge in [0.1, 0.15) is 12.6 Å². The molecule has 0 amide bonds. The van der Waals surface area contributed by atoms with E-state index in [0.717, 1.165) is 11.1 Å². The molecule has 0 unspecified atom stereocenters. The van der Waals surface area contributed by atoms with Crippen molar-refractivity contribution >= 4 is 11.9 Å². The number of benzene rings is 2. The third kappa shape index (κ3) is 3.57. The summed E-state index contributed by atoms with van der Waals surface area (Å²) in [4.78, 5) is 13.1. The highest BCUT2D eigenvalue weighted by Crippen LogP contribution is 2.38. The number of nitrogens with zero attached hydrogens (tertiary/aromatic N) is 4. The number of esters is 1. The molecular weight excluding hydrogens is 386 g/mol. The van der Waals surface area contributed by atoms with E-state index in [9.17, 15) is 4.79 Å². The number of hydrogen-bond acceptors (Lipinski definition) is 8. The molecule has 1 atom stereocenters. The van der Waals surface area contributed by atoms with Crippen LogP contribution in [0.15, 0.2) is 59.8 Å². The standard InChI is InChI=1S/C21H21N5O4/c1-13-18(20(27)30-12-14-7-5-4-6-8-14)19(26-21(22-13)23-24-25-26)15-9-10-16(28-2)17(11-15)29-3/h4-11,19H,12H2,1-3H3,(H,22,23,25)/t19-/m1/s1.